The summed E-state index contributed by atoms with van der Waals surface area (Å²) in [6.45, 7) is 0.690. The quantitative estimate of drug-likeness (QED) is 0.707. The minimum atomic E-state index is -0.350. The number of amides is 1. The van der Waals surface area contributed by atoms with Gasteiger partial charge in [-0.2, -0.15) is 0 Å². The highest BCUT2D eigenvalue weighted by Gasteiger charge is 2.30. The first kappa shape index (κ1) is 13.8. The molecule has 18 heavy (non-hydrogen) atoms. The van der Waals surface area contributed by atoms with Crippen LogP contribution in [0.25, 0.3) is 0 Å². The molecule has 1 amide bonds. The van der Waals surface area contributed by atoms with Crippen LogP contribution in [0.2, 0.25) is 0 Å². The highest BCUT2D eigenvalue weighted by Crippen LogP contribution is 2.29. The second-order valence-corrected chi connectivity index (χ2v) is 5.93. The minimum Gasteiger partial charge on any atom is -0.391 e. The van der Waals surface area contributed by atoms with Gasteiger partial charge in [0, 0.05) is 5.92 Å². The fraction of sp³-hybridized carbons (Fsp3) is 0.929. The summed E-state index contributed by atoms with van der Waals surface area (Å²) < 4.78 is 0. The molecule has 2 aliphatic carbocycles. The maximum absolute atomic E-state index is 12.2. The number of rotatable bonds is 3. The molecule has 4 atom stereocenters. The van der Waals surface area contributed by atoms with Crippen molar-refractivity contribution in [3.63, 3.8) is 0 Å². The van der Waals surface area contributed by atoms with Crippen molar-refractivity contribution in [1.29, 1.82) is 0 Å². The Balaban J connectivity index is 1.83. The summed E-state index contributed by atoms with van der Waals surface area (Å²) in [7, 11) is 0. The molecular weight excluding hydrogens is 228 g/mol. The summed E-state index contributed by atoms with van der Waals surface area (Å²) in [5, 5.41) is 12.9. The lowest BCUT2D eigenvalue weighted by Gasteiger charge is -2.32. The molecule has 0 aromatic carbocycles. The van der Waals surface area contributed by atoms with E-state index in [2.05, 4.69) is 5.32 Å². The Kier molecular flexibility index (Phi) is 5.01. The molecule has 2 fully saturated rings. The Morgan fingerprint density at radius 1 is 1.17 bits per heavy atom. The number of carbonyl (C=O) groups excluding carboxylic acids is 1. The summed E-state index contributed by atoms with van der Waals surface area (Å²) in [4.78, 5) is 12.2. The SMILES string of the molecule is NCC1CCCC(C(=O)NC2CCCCC2O)C1. The highest BCUT2D eigenvalue weighted by molar-refractivity contribution is 5.79. The van der Waals surface area contributed by atoms with Gasteiger partial charge in [-0.15, -0.1) is 0 Å². The van der Waals surface area contributed by atoms with Gasteiger partial charge < -0.3 is 16.2 Å². The molecule has 104 valence electrons. The molecule has 4 nitrogen and oxygen atoms in total. The van der Waals surface area contributed by atoms with Gasteiger partial charge in [-0.3, -0.25) is 4.79 Å². The first-order valence-electron chi connectivity index (χ1n) is 7.39. The Bertz CT molecular complexity index is 283. The van der Waals surface area contributed by atoms with Gasteiger partial charge >= 0.3 is 0 Å². The van der Waals surface area contributed by atoms with Crippen LogP contribution in [0, 0.1) is 11.8 Å². The summed E-state index contributed by atoms with van der Waals surface area (Å²) in [5.41, 5.74) is 5.70. The lowest BCUT2D eigenvalue weighted by atomic mass is 9.80. The van der Waals surface area contributed by atoms with E-state index in [1.165, 1.54) is 0 Å². The van der Waals surface area contributed by atoms with Gasteiger partial charge in [0.2, 0.25) is 5.91 Å². The van der Waals surface area contributed by atoms with Gasteiger partial charge in [-0.05, 0) is 44.6 Å². The number of hydrogen-bond donors (Lipinski definition) is 3. The van der Waals surface area contributed by atoms with E-state index in [0.29, 0.717) is 12.5 Å². The molecule has 2 rings (SSSR count). The molecule has 0 saturated heterocycles. The van der Waals surface area contributed by atoms with Crippen LogP contribution in [0.5, 0.6) is 0 Å². The lowest BCUT2D eigenvalue weighted by Crippen LogP contribution is -2.48. The molecule has 0 aliphatic heterocycles. The van der Waals surface area contributed by atoms with Crippen molar-refractivity contribution in [2.45, 2.75) is 63.5 Å². The number of nitrogens with one attached hydrogen (secondary N) is 1. The summed E-state index contributed by atoms with van der Waals surface area (Å²) in [5.74, 6) is 0.756. The molecule has 0 radical (unpaired) electrons. The van der Waals surface area contributed by atoms with Crippen molar-refractivity contribution in [3.8, 4) is 0 Å². The standard InChI is InChI=1S/C14H26N2O2/c15-9-10-4-3-5-11(8-10)14(18)16-12-6-1-2-7-13(12)17/h10-13,17H,1-9,15H2,(H,16,18). The Labute approximate surface area is 109 Å². The minimum absolute atomic E-state index is 0.0236. The van der Waals surface area contributed by atoms with Crippen molar-refractivity contribution in [2.75, 3.05) is 6.54 Å². The van der Waals surface area contributed by atoms with E-state index >= 15 is 0 Å². The molecule has 2 aliphatic rings. The fourth-order valence-corrected chi connectivity index (χ4v) is 3.32. The second kappa shape index (κ2) is 6.53. The van der Waals surface area contributed by atoms with Gasteiger partial charge in [0.1, 0.15) is 0 Å². The topological polar surface area (TPSA) is 75.4 Å². The molecule has 0 bridgehead atoms. The number of aliphatic hydroxyl groups is 1. The van der Waals surface area contributed by atoms with E-state index in [1.807, 2.05) is 0 Å². The van der Waals surface area contributed by atoms with E-state index in [9.17, 15) is 9.90 Å². The van der Waals surface area contributed by atoms with Crippen LogP contribution >= 0.6 is 0 Å². The number of carbonyl (C=O) groups is 1. The van der Waals surface area contributed by atoms with Crippen LogP contribution in [-0.4, -0.2) is 29.7 Å². The third kappa shape index (κ3) is 3.45. The molecule has 0 spiro atoms. The maximum Gasteiger partial charge on any atom is 0.223 e. The molecule has 0 heterocycles. The van der Waals surface area contributed by atoms with Gasteiger partial charge in [0.25, 0.3) is 0 Å². The summed E-state index contributed by atoms with van der Waals surface area (Å²) in [6.07, 6.45) is 7.73. The molecule has 4 heteroatoms. The fourth-order valence-electron chi connectivity index (χ4n) is 3.32. The third-order valence-corrected chi connectivity index (χ3v) is 4.54. The third-order valence-electron chi connectivity index (χ3n) is 4.54. The molecular formula is C14H26N2O2. The number of nitrogens with two attached hydrogens (primary N) is 1. The van der Waals surface area contributed by atoms with Crippen molar-refractivity contribution >= 4 is 5.91 Å². The smallest absolute Gasteiger partial charge is 0.223 e. The second-order valence-electron chi connectivity index (χ2n) is 5.93. The van der Waals surface area contributed by atoms with E-state index in [4.69, 9.17) is 5.73 Å². The first-order chi connectivity index (χ1) is 8.70. The molecule has 2 saturated carbocycles. The maximum atomic E-state index is 12.2. The Morgan fingerprint density at radius 3 is 2.67 bits per heavy atom. The zero-order valence-corrected chi connectivity index (χ0v) is 11.1. The molecule has 4 unspecified atom stereocenters. The summed E-state index contributed by atoms with van der Waals surface area (Å²) in [6, 6.07) is -0.0236. The van der Waals surface area contributed by atoms with Crippen LogP contribution in [0.3, 0.4) is 0 Å². The normalized spacial score (nSPS) is 37.2. The van der Waals surface area contributed by atoms with Crippen LogP contribution in [0.4, 0.5) is 0 Å². The van der Waals surface area contributed by atoms with Gasteiger partial charge in [0.15, 0.2) is 0 Å². The van der Waals surface area contributed by atoms with Gasteiger partial charge in [-0.1, -0.05) is 19.3 Å². The zero-order valence-electron chi connectivity index (χ0n) is 11.1. The van der Waals surface area contributed by atoms with Crippen LogP contribution in [0.15, 0.2) is 0 Å². The van der Waals surface area contributed by atoms with Gasteiger partial charge in [0.05, 0.1) is 12.1 Å². The van der Waals surface area contributed by atoms with E-state index in [0.717, 1.165) is 51.4 Å². The lowest BCUT2D eigenvalue weighted by molar-refractivity contribution is -0.128. The van der Waals surface area contributed by atoms with Crippen molar-refractivity contribution < 1.29 is 9.90 Å². The van der Waals surface area contributed by atoms with E-state index < -0.39 is 0 Å². The average Bonchev–Trinajstić information content (AvgIpc) is 2.41. The first-order valence-corrected chi connectivity index (χ1v) is 7.39. The highest BCUT2D eigenvalue weighted by atomic mass is 16.3. The average molecular weight is 254 g/mol. The predicted octanol–water partition coefficient (Wildman–Crippen LogP) is 1.17. The predicted molar refractivity (Wildman–Crippen MR) is 70.9 cm³/mol. The van der Waals surface area contributed by atoms with E-state index in [1.54, 1.807) is 0 Å². The van der Waals surface area contributed by atoms with Crippen LogP contribution < -0.4 is 11.1 Å². The van der Waals surface area contributed by atoms with Gasteiger partial charge in [-0.25, -0.2) is 0 Å². The molecule has 0 aromatic heterocycles. The molecule has 4 N–H and O–H groups in total. The monoisotopic (exact) mass is 254 g/mol. The van der Waals surface area contributed by atoms with Crippen molar-refractivity contribution in [1.82, 2.24) is 5.32 Å². The molecule has 0 aromatic rings. The number of aliphatic hydroxyl groups excluding tert-OH is 1. The van der Waals surface area contributed by atoms with E-state index in [-0.39, 0.29) is 24.0 Å². The zero-order chi connectivity index (χ0) is 13.0. The summed E-state index contributed by atoms with van der Waals surface area (Å²) >= 11 is 0. The number of hydrogen-bond acceptors (Lipinski definition) is 3. The van der Waals surface area contributed by atoms with Crippen LogP contribution in [-0.2, 0) is 4.79 Å². The Hall–Kier alpha value is -0.610. The Morgan fingerprint density at radius 2 is 1.94 bits per heavy atom. The van der Waals surface area contributed by atoms with Crippen molar-refractivity contribution in [3.05, 3.63) is 0 Å². The van der Waals surface area contributed by atoms with Crippen LogP contribution in [0.1, 0.15) is 51.4 Å². The largest absolute Gasteiger partial charge is 0.391 e. The van der Waals surface area contributed by atoms with Crippen molar-refractivity contribution in [2.24, 2.45) is 17.6 Å².